The van der Waals surface area contributed by atoms with Crippen LogP contribution >= 0.6 is 0 Å². The first-order valence-corrected chi connectivity index (χ1v) is 10.4. The van der Waals surface area contributed by atoms with Gasteiger partial charge >= 0.3 is 0 Å². The standard InChI is InChI=1S/C22H29N3S2.Au/c1-16(23-20-8-10-21(11-9-20)24(2)3)17-4-6-18(7-5-17)19-12-14-25(15-13-19)22(26)27;/h4-11,19,22,26-27H,12-15H2,1-3H3;/p-2. The Morgan fingerprint density at radius 3 is 2.07 bits per heavy atom. The number of aliphatic imine (C=N–C) groups is 1. The molecule has 0 saturated carbocycles. The first kappa shape index (κ1) is 23.6. The van der Waals surface area contributed by atoms with Crippen LogP contribution in [0.25, 0.3) is 0 Å². The van der Waals surface area contributed by atoms with Crippen LogP contribution in [-0.4, -0.2) is 42.5 Å². The van der Waals surface area contributed by atoms with Gasteiger partial charge in [-0.05, 0) is 74.2 Å². The second-order valence-corrected chi connectivity index (χ2v) is 8.54. The predicted octanol–water partition coefficient (Wildman–Crippen LogP) is 4.45. The van der Waals surface area contributed by atoms with Gasteiger partial charge in [0.05, 0.1) is 5.69 Å². The van der Waals surface area contributed by atoms with Crippen LogP contribution in [0, 0.1) is 0 Å². The zero-order valence-corrected chi connectivity index (χ0v) is 20.4. The van der Waals surface area contributed by atoms with Gasteiger partial charge in [0.2, 0.25) is 0 Å². The molecule has 1 aliphatic heterocycles. The number of likely N-dealkylation sites (tertiary alicyclic amines) is 1. The van der Waals surface area contributed by atoms with Crippen LogP contribution < -0.4 is 4.90 Å². The van der Waals surface area contributed by atoms with E-state index in [1.807, 2.05) is 14.1 Å². The van der Waals surface area contributed by atoms with Crippen molar-refractivity contribution in [3.63, 3.8) is 0 Å². The Balaban J connectivity index is 0.00000280. The minimum atomic E-state index is -0.168. The largest absolute Gasteiger partial charge is 0.800 e. The van der Waals surface area contributed by atoms with Crippen molar-refractivity contribution in [2.24, 2.45) is 4.99 Å². The van der Waals surface area contributed by atoms with Gasteiger partial charge in [0.25, 0.3) is 0 Å². The van der Waals surface area contributed by atoms with Crippen LogP contribution in [0.4, 0.5) is 11.4 Å². The van der Waals surface area contributed by atoms with Crippen molar-refractivity contribution < 1.29 is 22.4 Å². The summed E-state index contributed by atoms with van der Waals surface area (Å²) in [5, 5.41) is 0. The molecule has 0 aliphatic carbocycles. The Kier molecular flexibility index (Phi) is 9.19. The fourth-order valence-corrected chi connectivity index (χ4v) is 3.95. The second-order valence-electron chi connectivity index (χ2n) is 7.35. The van der Waals surface area contributed by atoms with Gasteiger partial charge in [-0.25, -0.2) is 4.71 Å². The average molecular weight is 595 g/mol. The summed E-state index contributed by atoms with van der Waals surface area (Å²) in [5.41, 5.74) is 5.78. The van der Waals surface area contributed by atoms with Crippen molar-refractivity contribution in [3.05, 3.63) is 59.7 Å². The fraction of sp³-hybridized carbons (Fsp3) is 0.409. The molecule has 0 amide bonds. The molecular formula is C22H27AuN3S2-2. The molecule has 155 valence electrons. The molecule has 1 fully saturated rings. The number of hydrogen-bond donors (Lipinski definition) is 0. The molecule has 1 heterocycles. The van der Waals surface area contributed by atoms with Crippen molar-refractivity contribution in [1.29, 1.82) is 0 Å². The third kappa shape index (κ3) is 6.15. The van der Waals surface area contributed by atoms with Crippen molar-refractivity contribution in [2.45, 2.75) is 30.4 Å². The zero-order valence-electron chi connectivity index (χ0n) is 16.6. The van der Waals surface area contributed by atoms with E-state index in [9.17, 15) is 0 Å². The van der Waals surface area contributed by atoms with E-state index in [-0.39, 0.29) is 27.1 Å². The predicted molar refractivity (Wildman–Crippen MR) is 121 cm³/mol. The van der Waals surface area contributed by atoms with E-state index in [4.69, 9.17) is 30.2 Å². The quantitative estimate of drug-likeness (QED) is 0.290. The SMILES string of the molecule is CC(=Nc1ccc(N(C)C)cc1)c1ccc(C2CCN(C([S-])[S-])CC2)cc1.[Au]. The summed E-state index contributed by atoms with van der Waals surface area (Å²) >= 11 is 10.4. The molecular weight excluding hydrogens is 567 g/mol. The first-order valence-electron chi connectivity index (χ1n) is 9.43. The molecule has 1 saturated heterocycles. The summed E-state index contributed by atoms with van der Waals surface area (Å²) in [7, 11) is 4.09. The van der Waals surface area contributed by atoms with E-state index < -0.39 is 0 Å². The zero-order chi connectivity index (χ0) is 19.4. The monoisotopic (exact) mass is 594 g/mol. The van der Waals surface area contributed by atoms with Gasteiger partial charge in [-0.1, -0.05) is 24.3 Å². The number of rotatable bonds is 5. The Bertz CT molecular complexity index is 765. The summed E-state index contributed by atoms with van der Waals surface area (Å²) in [6, 6.07) is 17.2. The Labute approximate surface area is 195 Å². The first-order chi connectivity index (χ1) is 12.9. The minimum absolute atomic E-state index is 0. The molecule has 0 atom stereocenters. The van der Waals surface area contributed by atoms with Crippen LogP contribution in [0.15, 0.2) is 53.5 Å². The number of benzene rings is 2. The maximum Gasteiger partial charge on any atom is 0.0634 e. The molecule has 3 rings (SSSR count). The summed E-state index contributed by atoms with van der Waals surface area (Å²) in [6.07, 6.45) is 2.27. The van der Waals surface area contributed by atoms with E-state index in [0.717, 1.165) is 37.3 Å². The third-order valence-corrected chi connectivity index (χ3v) is 5.89. The van der Waals surface area contributed by atoms with Crippen LogP contribution in [0.3, 0.4) is 0 Å². The summed E-state index contributed by atoms with van der Waals surface area (Å²) < 4.78 is -0.168. The van der Waals surface area contributed by atoms with Gasteiger partial charge in [-0.3, -0.25) is 4.99 Å². The van der Waals surface area contributed by atoms with Gasteiger partial charge in [-0.15, -0.1) is 0 Å². The van der Waals surface area contributed by atoms with Crippen LogP contribution in [0.1, 0.15) is 36.8 Å². The molecule has 0 aromatic heterocycles. The number of piperidine rings is 1. The normalized spacial score (nSPS) is 16.1. The van der Waals surface area contributed by atoms with E-state index in [1.54, 1.807) is 0 Å². The molecule has 2 aromatic rings. The van der Waals surface area contributed by atoms with Crippen molar-refractivity contribution in [1.82, 2.24) is 4.90 Å². The summed E-state index contributed by atoms with van der Waals surface area (Å²) in [5.74, 6) is 0.606. The minimum Gasteiger partial charge on any atom is -0.800 e. The molecule has 0 N–H and O–H groups in total. The Morgan fingerprint density at radius 1 is 1.00 bits per heavy atom. The van der Waals surface area contributed by atoms with E-state index in [1.165, 1.54) is 16.8 Å². The van der Waals surface area contributed by atoms with E-state index in [0.29, 0.717) is 5.92 Å². The number of anilines is 1. The van der Waals surface area contributed by atoms with Gasteiger partial charge in [0, 0.05) is 47.9 Å². The summed E-state index contributed by atoms with van der Waals surface area (Å²) in [6.45, 7) is 4.09. The van der Waals surface area contributed by atoms with Crippen molar-refractivity contribution in [2.75, 3.05) is 32.1 Å². The second kappa shape index (κ2) is 10.9. The van der Waals surface area contributed by atoms with Gasteiger partial charge < -0.3 is 35.1 Å². The van der Waals surface area contributed by atoms with Crippen LogP contribution in [0.5, 0.6) is 0 Å². The molecule has 3 nitrogen and oxygen atoms in total. The van der Waals surface area contributed by atoms with Gasteiger partial charge in [-0.2, -0.15) is 0 Å². The average Bonchev–Trinajstić information content (AvgIpc) is 2.68. The van der Waals surface area contributed by atoms with E-state index >= 15 is 0 Å². The smallest absolute Gasteiger partial charge is 0.0634 e. The molecule has 6 heteroatoms. The summed E-state index contributed by atoms with van der Waals surface area (Å²) in [4.78, 5) is 9.08. The maximum atomic E-state index is 5.20. The molecule has 0 spiro atoms. The maximum absolute atomic E-state index is 5.20. The topological polar surface area (TPSA) is 18.8 Å². The molecule has 0 bridgehead atoms. The Morgan fingerprint density at radius 2 is 1.57 bits per heavy atom. The van der Waals surface area contributed by atoms with Crippen LogP contribution in [-0.2, 0) is 47.6 Å². The van der Waals surface area contributed by atoms with Gasteiger partial charge in [0.15, 0.2) is 0 Å². The number of nitrogens with zero attached hydrogens (tertiary/aromatic N) is 3. The molecule has 2 aromatic carbocycles. The fourth-order valence-electron chi connectivity index (χ4n) is 3.52. The molecule has 0 unspecified atom stereocenters. The third-order valence-electron chi connectivity index (χ3n) is 5.29. The molecule has 28 heavy (non-hydrogen) atoms. The Hall–Kier alpha value is -0.690. The van der Waals surface area contributed by atoms with Crippen molar-refractivity contribution in [3.8, 4) is 0 Å². The van der Waals surface area contributed by atoms with E-state index in [2.05, 4.69) is 65.3 Å². The van der Waals surface area contributed by atoms with Gasteiger partial charge in [0.1, 0.15) is 0 Å². The van der Waals surface area contributed by atoms with Crippen molar-refractivity contribution >= 4 is 42.3 Å². The molecule has 1 radical (unpaired) electrons. The van der Waals surface area contributed by atoms with Crippen LogP contribution in [0.2, 0.25) is 0 Å². The molecule has 1 aliphatic rings. The number of hydrogen-bond acceptors (Lipinski definition) is 5.